The van der Waals surface area contributed by atoms with Gasteiger partial charge in [0.25, 0.3) is 5.69 Å². The number of non-ortho nitro benzene ring substituents is 1. The smallest absolute Gasteiger partial charge is 0.347 e. The van der Waals surface area contributed by atoms with Crippen molar-refractivity contribution in [2.24, 2.45) is 0 Å². The number of halogens is 1. The first kappa shape index (κ1) is 13.4. The molecule has 1 aromatic heterocycles. The van der Waals surface area contributed by atoms with E-state index in [1.807, 2.05) is 0 Å². The average molecular weight is 347 g/mol. The number of nitrogens with zero attached hydrogens (tertiary/aromatic N) is 2. The third-order valence-corrected chi connectivity index (χ3v) is 3.44. The Kier molecular flexibility index (Phi) is 3.26. The van der Waals surface area contributed by atoms with Crippen molar-refractivity contribution < 1.29 is 9.34 Å². The fourth-order valence-corrected chi connectivity index (χ4v) is 2.15. The molecule has 0 aliphatic rings. The van der Waals surface area contributed by atoms with Gasteiger partial charge in [-0.05, 0) is 30.3 Å². The van der Waals surface area contributed by atoms with E-state index >= 15 is 0 Å². The Morgan fingerprint density at radius 1 is 1.14 bits per heavy atom. The van der Waals surface area contributed by atoms with Gasteiger partial charge < -0.3 is 4.42 Å². The van der Waals surface area contributed by atoms with Crippen LogP contribution in [0, 0.1) is 10.1 Å². The van der Waals surface area contributed by atoms with Crippen LogP contribution in [0.15, 0.2) is 56.1 Å². The molecule has 0 unspecified atom stereocenters. The Hall–Kier alpha value is -2.54. The molecule has 0 radical (unpaired) electrons. The number of hydrogen-bond acceptors (Lipinski definition) is 5. The summed E-state index contributed by atoms with van der Waals surface area (Å²) < 4.78 is 6.04. The molecule has 0 bridgehead atoms. The molecule has 6 nitrogen and oxygen atoms in total. The molecule has 0 atom stereocenters. The second kappa shape index (κ2) is 5.10. The number of nitro benzene ring substituents is 1. The zero-order chi connectivity index (χ0) is 15.0. The summed E-state index contributed by atoms with van der Waals surface area (Å²) >= 11 is 3.32. The topological polar surface area (TPSA) is 86.2 Å². The van der Waals surface area contributed by atoms with Crippen molar-refractivity contribution in [1.29, 1.82) is 0 Å². The number of benzene rings is 2. The van der Waals surface area contributed by atoms with E-state index in [9.17, 15) is 14.9 Å². The zero-order valence-electron chi connectivity index (χ0n) is 10.4. The first-order valence-electron chi connectivity index (χ1n) is 5.90. The van der Waals surface area contributed by atoms with E-state index in [4.69, 9.17) is 4.42 Å². The molecule has 0 fully saturated rings. The zero-order valence-corrected chi connectivity index (χ0v) is 12.0. The molecule has 1 heterocycles. The van der Waals surface area contributed by atoms with E-state index in [1.54, 1.807) is 24.3 Å². The van der Waals surface area contributed by atoms with E-state index in [0.29, 0.717) is 11.1 Å². The summed E-state index contributed by atoms with van der Waals surface area (Å²) in [6.45, 7) is 0. The SMILES string of the molecule is O=c1oc(-c2ccc(Br)cc2)nc2ccc([N+](=O)[O-])cc12. The highest BCUT2D eigenvalue weighted by atomic mass is 79.9. The maximum Gasteiger partial charge on any atom is 0.347 e. The lowest BCUT2D eigenvalue weighted by Crippen LogP contribution is -2.03. The molecule has 21 heavy (non-hydrogen) atoms. The molecule has 7 heteroatoms. The molecule has 0 N–H and O–H groups in total. The summed E-state index contributed by atoms with van der Waals surface area (Å²) in [5.74, 6) is 0.175. The van der Waals surface area contributed by atoms with Gasteiger partial charge in [-0.15, -0.1) is 0 Å². The third kappa shape index (κ3) is 2.55. The number of fused-ring (bicyclic) bond motifs is 1. The predicted octanol–water partition coefficient (Wildman–Crippen LogP) is 3.53. The van der Waals surface area contributed by atoms with Crippen LogP contribution < -0.4 is 5.63 Å². The number of aromatic nitrogens is 1. The first-order valence-corrected chi connectivity index (χ1v) is 6.69. The van der Waals surface area contributed by atoms with Crippen molar-refractivity contribution >= 4 is 32.5 Å². The van der Waals surface area contributed by atoms with Crippen LogP contribution in [0.1, 0.15) is 0 Å². The maximum absolute atomic E-state index is 12.0. The van der Waals surface area contributed by atoms with Crippen LogP contribution in [0.25, 0.3) is 22.4 Å². The van der Waals surface area contributed by atoms with E-state index in [-0.39, 0.29) is 17.0 Å². The average Bonchev–Trinajstić information content (AvgIpc) is 2.47. The largest absolute Gasteiger partial charge is 0.403 e. The van der Waals surface area contributed by atoms with Crippen molar-refractivity contribution in [3.05, 3.63) is 67.5 Å². The molecule has 0 saturated heterocycles. The quantitative estimate of drug-likeness (QED) is 0.523. The molecule has 0 saturated carbocycles. The fourth-order valence-electron chi connectivity index (χ4n) is 1.89. The van der Waals surface area contributed by atoms with Crippen molar-refractivity contribution in [3.8, 4) is 11.5 Å². The number of nitro groups is 1. The van der Waals surface area contributed by atoms with Crippen LogP contribution in [0.4, 0.5) is 5.69 Å². The maximum atomic E-state index is 12.0. The fraction of sp³-hybridized carbons (Fsp3) is 0. The number of rotatable bonds is 2. The minimum atomic E-state index is -0.651. The van der Waals surface area contributed by atoms with Gasteiger partial charge in [0.05, 0.1) is 15.8 Å². The van der Waals surface area contributed by atoms with E-state index in [2.05, 4.69) is 20.9 Å². The second-order valence-electron chi connectivity index (χ2n) is 4.27. The first-order chi connectivity index (χ1) is 10.0. The van der Waals surface area contributed by atoms with Gasteiger partial charge in [0.1, 0.15) is 0 Å². The van der Waals surface area contributed by atoms with Crippen molar-refractivity contribution in [1.82, 2.24) is 4.98 Å². The van der Waals surface area contributed by atoms with Gasteiger partial charge in [-0.2, -0.15) is 0 Å². The van der Waals surface area contributed by atoms with Gasteiger partial charge >= 0.3 is 5.63 Å². The monoisotopic (exact) mass is 346 g/mol. The van der Waals surface area contributed by atoms with Crippen molar-refractivity contribution in [2.45, 2.75) is 0 Å². The standard InChI is InChI=1S/C14H7BrN2O4/c15-9-3-1-8(2-4-9)13-16-12-6-5-10(17(19)20)7-11(12)14(18)21-13/h1-7H. The van der Waals surface area contributed by atoms with E-state index in [0.717, 1.165) is 4.47 Å². The van der Waals surface area contributed by atoms with Crippen molar-refractivity contribution in [3.63, 3.8) is 0 Å². The number of hydrogen-bond donors (Lipinski definition) is 0. The lowest BCUT2D eigenvalue weighted by atomic mass is 10.2. The van der Waals surface area contributed by atoms with Gasteiger partial charge in [-0.3, -0.25) is 10.1 Å². The molecule has 0 aliphatic carbocycles. The van der Waals surface area contributed by atoms with Crippen molar-refractivity contribution in [2.75, 3.05) is 0 Å². The second-order valence-corrected chi connectivity index (χ2v) is 5.19. The van der Waals surface area contributed by atoms with E-state index < -0.39 is 10.5 Å². The van der Waals surface area contributed by atoms with Gasteiger partial charge in [0.2, 0.25) is 5.89 Å². The molecule has 3 aromatic rings. The Balaban J connectivity index is 2.20. The Morgan fingerprint density at radius 3 is 2.52 bits per heavy atom. The summed E-state index contributed by atoms with van der Waals surface area (Å²) in [7, 11) is 0. The molecule has 2 aromatic carbocycles. The highest BCUT2D eigenvalue weighted by Crippen LogP contribution is 2.22. The Morgan fingerprint density at radius 2 is 1.86 bits per heavy atom. The van der Waals surface area contributed by atoms with Crippen LogP contribution in [0.5, 0.6) is 0 Å². The summed E-state index contributed by atoms with van der Waals surface area (Å²) in [5, 5.41) is 10.8. The highest BCUT2D eigenvalue weighted by Gasteiger charge is 2.13. The van der Waals surface area contributed by atoms with Crippen LogP contribution in [-0.2, 0) is 0 Å². The lowest BCUT2D eigenvalue weighted by molar-refractivity contribution is -0.384. The summed E-state index contributed by atoms with van der Waals surface area (Å²) in [6, 6.07) is 11.0. The molecular formula is C14H7BrN2O4. The molecule has 0 aliphatic heterocycles. The summed E-state index contributed by atoms with van der Waals surface area (Å²) in [4.78, 5) is 26.4. The van der Waals surface area contributed by atoms with Gasteiger partial charge in [0, 0.05) is 22.2 Å². The lowest BCUT2D eigenvalue weighted by Gasteiger charge is -2.02. The minimum absolute atomic E-state index is 0.0880. The van der Waals surface area contributed by atoms with Crippen LogP contribution in [-0.4, -0.2) is 9.91 Å². The molecular weight excluding hydrogens is 340 g/mol. The third-order valence-electron chi connectivity index (χ3n) is 2.91. The van der Waals surface area contributed by atoms with E-state index in [1.165, 1.54) is 18.2 Å². The molecule has 104 valence electrons. The molecule has 3 rings (SSSR count). The highest BCUT2D eigenvalue weighted by molar-refractivity contribution is 9.10. The Bertz CT molecular complexity index is 903. The van der Waals surface area contributed by atoms with Crippen LogP contribution in [0.2, 0.25) is 0 Å². The molecule has 0 spiro atoms. The predicted molar refractivity (Wildman–Crippen MR) is 80.1 cm³/mol. The summed E-state index contributed by atoms with van der Waals surface area (Å²) in [6.07, 6.45) is 0. The van der Waals surface area contributed by atoms with Gasteiger partial charge in [-0.1, -0.05) is 15.9 Å². The summed E-state index contributed by atoms with van der Waals surface area (Å²) in [5.41, 5.74) is 0.180. The minimum Gasteiger partial charge on any atom is -0.403 e. The normalized spacial score (nSPS) is 10.7. The Labute approximate surface area is 126 Å². The van der Waals surface area contributed by atoms with Crippen LogP contribution >= 0.6 is 15.9 Å². The van der Waals surface area contributed by atoms with Gasteiger partial charge in [-0.25, -0.2) is 9.78 Å². The molecule has 0 amide bonds. The van der Waals surface area contributed by atoms with Gasteiger partial charge in [0.15, 0.2) is 0 Å². The van der Waals surface area contributed by atoms with Crippen LogP contribution in [0.3, 0.4) is 0 Å².